The highest BCUT2D eigenvalue weighted by atomic mass is 16.6. The van der Waals surface area contributed by atoms with Crippen molar-refractivity contribution in [3.05, 3.63) is 63.8 Å². The van der Waals surface area contributed by atoms with Crippen molar-refractivity contribution in [1.82, 2.24) is 9.88 Å². The first-order valence-corrected chi connectivity index (χ1v) is 6.87. The van der Waals surface area contributed by atoms with Gasteiger partial charge in [0.1, 0.15) is 12.0 Å². The van der Waals surface area contributed by atoms with E-state index < -0.39 is 4.92 Å². The Bertz CT molecular complexity index is 753. The Morgan fingerprint density at radius 2 is 1.74 bits per heavy atom. The summed E-state index contributed by atoms with van der Waals surface area (Å²) in [7, 11) is 0. The molecule has 0 aliphatic carbocycles. The van der Waals surface area contributed by atoms with Gasteiger partial charge < -0.3 is 5.32 Å². The van der Waals surface area contributed by atoms with Gasteiger partial charge in [-0.3, -0.25) is 24.6 Å². The van der Waals surface area contributed by atoms with Gasteiger partial charge in [-0.2, -0.15) is 0 Å². The number of nitrogens with one attached hydrogen (secondary N) is 1. The van der Waals surface area contributed by atoms with Gasteiger partial charge in [-0.15, -0.1) is 0 Å². The Hall–Kier alpha value is -3.29. The summed E-state index contributed by atoms with van der Waals surface area (Å²) in [6.45, 7) is 0.487. The van der Waals surface area contributed by atoms with E-state index in [9.17, 15) is 19.7 Å². The van der Waals surface area contributed by atoms with Crippen LogP contribution in [0.4, 0.5) is 11.5 Å². The largest absolute Gasteiger partial charge is 0.368 e. The zero-order valence-electron chi connectivity index (χ0n) is 11.9. The molecule has 1 aliphatic rings. The first kappa shape index (κ1) is 14.6. The molecular weight excluding hydrogens is 300 g/mol. The third-order valence-electron chi connectivity index (χ3n) is 3.48. The molecule has 0 saturated carbocycles. The molecule has 8 heteroatoms. The second kappa shape index (κ2) is 5.84. The van der Waals surface area contributed by atoms with E-state index in [-0.39, 0.29) is 24.0 Å². The molecule has 1 aliphatic heterocycles. The summed E-state index contributed by atoms with van der Waals surface area (Å²) in [5.74, 6) is -0.194. The van der Waals surface area contributed by atoms with Gasteiger partial charge in [0.2, 0.25) is 0 Å². The fourth-order valence-corrected chi connectivity index (χ4v) is 2.34. The lowest BCUT2D eigenvalue weighted by molar-refractivity contribution is -0.385. The normalized spacial score (nSPS) is 13.1. The second-order valence-corrected chi connectivity index (χ2v) is 4.89. The van der Waals surface area contributed by atoms with Crippen molar-refractivity contribution in [3.8, 4) is 0 Å². The van der Waals surface area contributed by atoms with Crippen LogP contribution >= 0.6 is 0 Å². The van der Waals surface area contributed by atoms with Crippen molar-refractivity contribution < 1.29 is 14.5 Å². The summed E-state index contributed by atoms with van der Waals surface area (Å²) in [6, 6.07) is 9.48. The third-order valence-corrected chi connectivity index (χ3v) is 3.48. The number of anilines is 1. The van der Waals surface area contributed by atoms with Crippen LogP contribution in [0.5, 0.6) is 0 Å². The Kier molecular flexibility index (Phi) is 3.71. The standard InChI is InChI=1S/C15H12N4O4/c20-14-11-3-1-2-4-12(11)15(21)18(14)8-7-16-13-6-5-10(9-17-13)19(22)23/h1-6,9H,7-8H2,(H,16,17). The van der Waals surface area contributed by atoms with Crippen LogP contribution in [0.25, 0.3) is 0 Å². The topological polar surface area (TPSA) is 105 Å². The summed E-state index contributed by atoms with van der Waals surface area (Å²) in [5, 5.41) is 13.5. The van der Waals surface area contributed by atoms with Crippen LogP contribution in [0.1, 0.15) is 20.7 Å². The molecule has 3 rings (SSSR count). The van der Waals surface area contributed by atoms with E-state index in [1.54, 1.807) is 24.3 Å². The first-order valence-electron chi connectivity index (χ1n) is 6.87. The van der Waals surface area contributed by atoms with E-state index in [0.29, 0.717) is 23.5 Å². The summed E-state index contributed by atoms with van der Waals surface area (Å²) < 4.78 is 0. The SMILES string of the molecule is O=C1c2ccccc2C(=O)N1CCNc1ccc([N+](=O)[O-])cn1. The molecule has 0 atom stereocenters. The summed E-state index contributed by atoms with van der Waals surface area (Å²) in [6.07, 6.45) is 1.14. The van der Waals surface area contributed by atoms with Gasteiger partial charge in [-0.05, 0) is 18.2 Å². The van der Waals surface area contributed by atoms with Gasteiger partial charge in [-0.1, -0.05) is 12.1 Å². The Labute approximate surface area is 130 Å². The van der Waals surface area contributed by atoms with Gasteiger partial charge in [0, 0.05) is 19.2 Å². The van der Waals surface area contributed by atoms with E-state index in [2.05, 4.69) is 10.3 Å². The van der Waals surface area contributed by atoms with Gasteiger partial charge in [0.25, 0.3) is 17.5 Å². The molecule has 1 N–H and O–H groups in total. The van der Waals surface area contributed by atoms with Crippen molar-refractivity contribution >= 4 is 23.3 Å². The number of hydrogen-bond acceptors (Lipinski definition) is 6. The molecule has 116 valence electrons. The highest BCUT2D eigenvalue weighted by Crippen LogP contribution is 2.22. The van der Waals surface area contributed by atoms with Crippen molar-refractivity contribution in [2.45, 2.75) is 0 Å². The number of amides is 2. The highest BCUT2D eigenvalue weighted by molar-refractivity contribution is 6.21. The number of pyridine rings is 1. The molecule has 0 bridgehead atoms. The van der Waals surface area contributed by atoms with E-state index in [0.717, 1.165) is 6.20 Å². The molecule has 0 radical (unpaired) electrons. The average Bonchev–Trinajstić information content (AvgIpc) is 2.81. The summed E-state index contributed by atoms with van der Waals surface area (Å²) in [4.78, 5) is 39.4. The first-order chi connectivity index (χ1) is 11.1. The number of nitro groups is 1. The average molecular weight is 312 g/mol. The number of carbonyl (C=O) groups is 2. The molecule has 23 heavy (non-hydrogen) atoms. The van der Waals surface area contributed by atoms with E-state index >= 15 is 0 Å². The van der Waals surface area contributed by atoms with E-state index in [4.69, 9.17) is 0 Å². The minimum atomic E-state index is -0.532. The van der Waals surface area contributed by atoms with E-state index in [1.165, 1.54) is 17.0 Å². The van der Waals surface area contributed by atoms with Gasteiger partial charge in [0.15, 0.2) is 0 Å². The number of nitrogens with zero attached hydrogens (tertiary/aromatic N) is 3. The lowest BCUT2D eigenvalue weighted by Gasteiger charge is -2.14. The zero-order chi connectivity index (χ0) is 16.4. The molecule has 1 aromatic carbocycles. The highest BCUT2D eigenvalue weighted by Gasteiger charge is 2.34. The molecule has 2 aromatic rings. The molecule has 0 unspecified atom stereocenters. The molecule has 0 saturated heterocycles. The fraction of sp³-hybridized carbons (Fsp3) is 0.133. The van der Waals surface area contributed by atoms with Crippen LogP contribution in [0.15, 0.2) is 42.6 Å². The number of imide groups is 1. The van der Waals surface area contributed by atoms with Crippen LogP contribution < -0.4 is 5.32 Å². The number of benzene rings is 1. The fourth-order valence-electron chi connectivity index (χ4n) is 2.34. The third kappa shape index (κ3) is 2.73. The van der Waals surface area contributed by atoms with Crippen molar-refractivity contribution in [2.75, 3.05) is 18.4 Å². The minimum Gasteiger partial charge on any atom is -0.368 e. The number of carbonyl (C=O) groups excluding carboxylic acids is 2. The molecule has 2 heterocycles. The number of rotatable bonds is 5. The quantitative estimate of drug-likeness (QED) is 0.512. The lowest BCUT2D eigenvalue weighted by atomic mass is 10.1. The molecular formula is C15H12N4O4. The smallest absolute Gasteiger partial charge is 0.287 e. The van der Waals surface area contributed by atoms with Gasteiger partial charge in [0.05, 0.1) is 16.1 Å². The van der Waals surface area contributed by atoms with Gasteiger partial charge >= 0.3 is 0 Å². The maximum atomic E-state index is 12.2. The maximum Gasteiger partial charge on any atom is 0.287 e. The molecule has 8 nitrogen and oxygen atoms in total. The predicted octanol–water partition coefficient (Wildman–Crippen LogP) is 1.70. The lowest BCUT2D eigenvalue weighted by Crippen LogP contribution is -2.34. The van der Waals surface area contributed by atoms with Crippen molar-refractivity contribution in [2.24, 2.45) is 0 Å². The number of fused-ring (bicyclic) bond motifs is 1. The van der Waals surface area contributed by atoms with Crippen molar-refractivity contribution in [1.29, 1.82) is 0 Å². The molecule has 0 spiro atoms. The zero-order valence-corrected chi connectivity index (χ0v) is 11.9. The Balaban J connectivity index is 1.60. The van der Waals surface area contributed by atoms with Gasteiger partial charge in [-0.25, -0.2) is 4.98 Å². The monoisotopic (exact) mass is 312 g/mol. The van der Waals surface area contributed by atoms with E-state index in [1.807, 2.05) is 0 Å². The summed E-state index contributed by atoms with van der Waals surface area (Å²) in [5.41, 5.74) is 0.716. The Morgan fingerprint density at radius 1 is 1.09 bits per heavy atom. The van der Waals surface area contributed by atoms with Crippen LogP contribution in [-0.2, 0) is 0 Å². The number of aromatic nitrogens is 1. The van der Waals surface area contributed by atoms with Crippen LogP contribution in [0, 0.1) is 10.1 Å². The molecule has 1 aromatic heterocycles. The van der Waals surface area contributed by atoms with Crippen LogP contribution in [0.2, 0.25) is 0 Å². The molecule has 2 amide bonds. The minimum absolute atomic E-state index is 0.101. The van der Waals surface area contributed by atoms with Crippen molar-refractivity contribution in [3.63, 3.8) is 0 Å². The van der Waals surface area contributed by atoms with Crippen LogP contribution in [-0.4, -0.2) is 39.7 Å². The predicted molar refractivity (Wildman–Crippen MR) is 81.2 cm³/mol. The van der Waals surface area contributed by atoms with Crippen LogP contribution in [0.3, 0.4) is 0 Å². The summed E-state index contributed by atoms with van der Waals surface area (Å²) >= 11 is 0. The Morgan fingerprint density at radius 3 is 2.26 bits per heavy atom. The molecule has 0 fully saturated rings. The number of hydrogen-bond donors (Lipinski definition) is 1. The maximum absolute atomic E-state index is 12.2. The second-order valence-electron chi connectivity index (χ2n) is 4.89.